The predicted octanol–water partition coefficient (Wildman–Crippen LogP) is 5.99. The molecule has 0 N–H and O–H groups in total. The predicted molar refractivity (Wildman–Crippen MR) is 114 cm³/mol. The Morgan fingerprint density at radius 1 is 0.852 bits per heavy atom. The highest BCUT2D eigenvalue weighted by atomic mass is 35.5. The average molecular weight is 374 g/mol. The zero-order valence-corrected chi connectivity index (χ0v) is 16.1. The van der Waals surface area contributed by atoms with Crippen molar-refractivity contribution < 1.29 is 0 Å². The van der Waals surface area contributed by atoms with Gasteiger partial charge in [-0.25, -0.2) is 0 Å². The van der Waals surface area contributed by atoms with E-state index in [1.165, 1.54) is 11.1 Å². The zero-order valence-electron chi connectivity index (χ0n) is 15.4. The van der Waals surface area contributed by atoms with Gasteiger partial charge in [-0.05, 0) is 48.7 Å². The summed E-state index contributed by atoms with van der Waals surface area (Å²) in [5, 5.41) is 2.03. The molecule has 0 aliphatic rings. The smallest absolute Gasteiger partial charge is 0.259 e. The molecule has 0 radical (unpaired) electrons. The second-order valence-corrected chi connectivity index (χ2v) is 7.33. The lowest BCUT2D eigenvalue weighted by Gasteiger charge is -2.17. The third kappa shape index (κ3) is 3.29. The van der Waals surface area contributed by atoms with Crippen LogP contribution in [0.3, 0.4) is 0 Å². The largest absolute Gasteiger partial charge is 0.303 e. The van der Waals surface area contributed by atoms with Gasteiger partial charge < -0.3 is 4.57 Å². The number of rotatable bonds is 3. The summed E-state index contributed by atoms with van der Waals surface area (Å²) in [6.45, 7) is 4.70. The number of pyridine rings is 1. The lowest BCUT2D eigenvalue weighted by atomic mass is 10.0. The Morgan fingerprint density at radius 3 is 2.37 bits per heavy atom. The average Bonchev–Trinajstić information content (AvgIpc) is 2.67. The van der Waals surface area contributed by atoms with E-state index in [1.54, 1.807) is 0 Å². The van der Waals surface area contributed by atoms with Crippen molar-refractivity contribution in [2.75, 3.05) is 0 Å². The van der Waals surface area contributed by atoms with Crippen molar-refractivity contribution in [2.24, 2.45) is 0 Å². The van der Waals surface area contributed by atoms with Crippen LogP contribution in [0.2, 0.25) is 5.02 Å². The van der Waals surface area contributed by atoms with Gasteiger partial charge in [-0.2, -0.15) is 0 Å². The van der Waals surface area contributed by atoms with Crippen LogP contribution in [0.5, 0.6) is 0 Å². The molecular weight excluding hydrogens is 354 g/mol. The van der Waals surface area contributed by atoms with E-state index < -0.39 is 0 Å². The molecule has 0 saturated carbocycles. The van der Waals surface area contributed by atoms with Gasteiger partial charge in [0.25, 0.3) is 5.56 Å². The van der Waals surface area contributed by atoms with Crippen molar-refractivity contribution in [3.05, 3.63) is 105 Å². The van der Waals surface area contributed by atoms with Gasteiger partial charge in [-0.3, -0.25) is 4.79 Å². The zero-order chi connectivity index (χ0) is 19.0. The third-order valence-corrected chi connectivity index (χ3v) is 5.33. The first-order valence-electron chi connectivity index (χ1n) is 8.98. The number of aromatic nitrogens is 1. The molecule has 0 atom stereocenters. The molecule has 0 unspecified atom stereocenters. The van der Waals surface area contributed by atoms with E-state index >= 15 is 0 Å². The highest BCUT2D eigenvalue weighted by Gasteiger charge is 2.14. The van der Waals surface area contributed by atoms with Crippen LogP contribution in [0.4, 0.5) is 0 Å². The topological polar surface area (TPSA) is 22.0 Å². The second kappa shape index (κ2) is 7.05. The molecule has 4 rings (SSSR count). The summed E-state index contributed by atoms with van der Waals surface area (Å²) in [7, 11) is 0. The summed E-state index contributed by atoms with van der Waals surface area (Å²) in [6, 6.07) is 23.9. The van der Waals surface area contributed by atoms with Gasteiger partial charge in [-0.1, -0.05) is 71.8 Å². The maximum absolute atomic E-state index is 13.4. The SMILES string of the molecule is Cc1ccc(Cn2c(-c3ccccc3)cc3c(Cl)cccc3c2=O)c(C)c1. The van der Waals surface area contributed by atoms with Gasteiger partial charge in [-0.15, -0.1) is 0 Å². The quantitative estimate of drug-likeness (QED) is 0.432. The number of nitrogens with zero attached hydrogens (tertiary/aromatic N) is 1. The molecule has 3 heteroatoms. The second-order valence-electron chi connectivity index (χ2n) is 6.92. The first-order chi connectivity index (χ1) is 13.0. The fraction of sp³-hybridized carbons (Fsp3) is 0.125. The maximum Gasteiger partial charge on any atom is 0.259 e. The van der Waals surface area contributed by atoms with Gasteiger partial charge in [0.2, 0.25) is 0 Å². The molecule has 0 saturated heterocycles. The maximum atomic E-state index is 13.4. The lowest BCUT2D eigenvalue weighted by Crippen LogP contribution is -2.23. The van der Waals surface area contributed by atoms with Crippen molar-refractivity contribution in [3.8, 4) is 11.3 Å². The van der Waals surface area contributed by atoms with Gasteiger partial charge >= 0.3 is 0 Å². The van der Waals surface area contributed by atoms with E-state index in [4.69, 9.17) is 11.6 Å². The van der Waals surface area contributed by atoms with Crippen molar-refractivity contribution in [1.29, 1.82) is 0 Å². The van der Waals surface area contributed by atoms with E-state index in [9.17, 15) is 4.79 Å². The van der Waals surface area contributed by atoms with Crippen LogP contribution in [0.1, 0.15) is 16.7 Å². The minimum Gasteiger partial charge on any atom is -0.303 e. The van der Waals surface area contributed by atoms with Crippen molar-refractivity contribution in [3.63, 3.8) is 0 Å². The van der Waals surface area contributed by atoms with E-state index in [0.29, 0.717) is 17.0 Å². The standard InChI is InChI=1S/C24H20ClNO/c1-16-11-12-19(17(2)13-16)15-26-23(18-7-4-3-5-8-18)14-21-20(24(26)27)9-6-10-22(21)25/h3-14H,15H2,1-2H3. The molecule has 0 bridgehead atoms. The number of hydrogen-bond acceptors (Lipinski definition) is 1. The molecule has 0 aliphatic heterocycles. The normalized spacial score (nSPS) is 11.1. The Morgan fingerprint density at radius 2 is 1.63 bits per heavy atom. The minimum atomic E-state index is -0.0196. The molecule has 0 amide bonds. The molecule has 3 aromatic carbocycles. The van der Waals surface area contributed by atoms with Crippen LogP contribution >= 0.6 is 11.6 Å². The van der Waals surface area contributed by atoms with E-state index in [0.717, 1.165) is 22.2 Å². The van der Waals surface area contributed by atoms with E-state index in [2.05, 4.69) is 32.0 Å². The van der Waals surface area contributed by atoms with Crippen molar-refractivity contribution in [2.45, 2.75) is 20.4 Å². The third-order valence-electron chi connectivity index (χ3n) is 5.00. The highest BCUT2D eigenvalue weighted by Crippen LogP contribution is 2.27. The Balaban J connectivity index is 2.00. The Kier molecular flexibility index (Phi) is 4.59. The van der Waals surface area contributed by atoms with Crippen LogP contribution in [0.15, 0.2) is 77.6 Å². The summed E-state index contributed by atoms with van der Waals surface area (Å²) in [5.41, 5.74) is 5.40. The van der Waals surface area contributed by atoms with E-state index in [1.807, 2.05) is 59.2 Å². The Labute approximate surface area is 163 Å². The van der Waals surface area contributed by atoms with Crippen molar-refractivity contribution >= 4 is 22.4 Å². The van der Waals surface area contributed by atoms with Crippen LogP contribution in [-0.4, -0.2) is 4.57 Å². The summed E-state index contributed by atoms with van der Waals surface area (Å²) >= 11 is 6.40. The van der Waals surface area contributed by atoms with Gasteiger partial charge in [0.05, 0.1) is 12.2 Å². The summed E-state index contributed by atoms with van der Waals surface area (Å²) in [6.07, 6.45) is 0. The highest BCUT2D eigenvalue weighted by molar-refractivity contribution is 6.35. The Hall–Kier alpha value is -2.84. The number of benzene rings is 3. The number of aryl methyl sites for hydroxylation is 2. The van der Waals surface area contributed by atoms with Gasteiger partial charge in [0.1, 0.15) is 0 Å². The van der Waals surface area contributed by atoms with Crippen LogP contribution in [-0.2, 0) is 6.54 Å². The van der Waals surface area contributed by atoms with Crippen LogP contribution in [0, 0.1) is 13.8 Å². The molecule has 2 nitrogen and oxygen atoms in total. The van der Waals surface area contributed by atoms with Gasteiger partial charge in [0.15, 0.2) is 0 Å². The van der Waals surface area contributed by atoms with E-state index in [-0.39, 0.29) is 5.56 Å². The molecule has 1 heterocycles. The number of fused-ring (bicyclic) bond motifs is 1. The number of hydrogen-bond donors (Lipinski definition) is 0. The monoisotopic (exact) mass is 373 g/mol. The van der Waals surface area contributed by atoms with Crippen LogP contribution < -0.4 is 5.56 Å². The molecule has 0 aliphatic carbocycles. The van der Waals surface area contributed by atoms with Crippen molar-refractivity contribution in [1.82, 2.24) is 4.57 Å². The van der Waals surface area contributed by atoms with Gasteiger partial charge in [0, 0.05) is 15.8 Å². The molecule has 0 spiro atoms. The molecule has 134 valence electrons. The first kappa shape index (κ1) is 17.6. The molecule has 1 aromatic heterocycles. The minimum absolute atomic E-state index is 0.0196. The first-order valence-corrected chi connectivity index (χ1v) is 9.36. The lowest BCUT2D eigenvalue weighted by molar-refractivity contribution is 0.772. The summed E-state index contributed by atoms with van der Waals surface area (Å²) in [4.78, 5) is 13.4. The molecule has 27 heavy (non-hydrogen) atoms. The summed E-state index contributed by atoms with van der Waals surface area (Å²) < 4.78 is 1.85. The van der Waals surface area contributed by atoms with Crippen LogP contribution in [0.25, 0.3) is 22.0 Å². The Bertz CT molecular complexity index is 1190. The molecule has 0 fully saturated rings. The fourth-order valence-electron chi connectivity index (χ4n) is 3.54. The number of halogens is 1. The summed E-state index contributed by atoms with van der Waals surface area (Å²) in [5.74, 6) is 0. The molecular formula is C24H20ClNO. The fourth-order valence-corrected chi connectivity index (χ4v) is 3.77. The molecule has 4 aromatic rings.